The maximum Gasteiger partial charge on any atom is 0.332 e. The number of nitrogens with zero attached hydrogens (tertiary/aromatic N) is 1. The normalized spacial score (nSPS) is 33.7. The van der Waals surface area contributed by atoms with Crippen molar-refractivity contribution in [2.45, 2.75) is 37.9 Å². The third-order valence-corrected chi connectivity index (χ3v) is 3.91. The molecular weight excluding hydrogens is 232 g/mol. The summed E-state index contributed by atoms with van der Waals surface area (Å²) < 4.78 is 5.46. The summed E-state index contributed by atoms with van der Waals surface area (Å²) in [6.07, 6.45) is 3.57. The number of ether oxygens (including phenoxy) is 1. The zero-order chi connectivity index (χ0) is 13.0. The molecule has 18 heavy (non-hydrogen) atoms. The summed E-state index contributed by atoms with van der Waals surface area (Å²) >= 11 is 0. The standard InChI is InChI=1S/C13H24N2O3/c1-15-6-2-3-10(9-15)7-14-8-11-4-5-12(18-11)13(16)17/h10-12,14H,2-9H2,1H3,(H,16,17). The Hall–Kier alpha value is -0.650. The molecule has 5 nitrogen and oxygen atoms in total. The summed E-state index contributed by atoms with van der Waals surface area (Å²) in [6.45, 7) is 4.17. The van der Waals surface area contributed by atoms with E-state index in [9.17, 15) is 4.79 Å². The number of hydrogen-bond acceptors (Lipinski definition) is 4. The molecule has 0 spiro atoms. The number of nitrogens with one attached hydrogen (secondary N) is 1. The molecule has 104 valence electrons. The van der Waals surface area contributed by atoms with E-state index >= 15 is 0 Å². The average molecular weight is 256 g/mol. The minimum atomic E-state index is -0.827. The summed E-state index contributed by atoms with van der Waals surface area (Å²) in [5, 5.41) is 12.3. The minimum Gasteiger partial charge on any atom is -0.479 e. The maximum absolute atomic E-state index is 10.8. The van der Waals surface area contributed by atoms with Crippen molar-refractivity contribution in [3.8, 4) is 0 Å². The van der Waals surface area contributed by atoms with Crippen LogP contribution >= 0.6 is 0 Å². The van der Waals surface area contributed by atoms with Gasteiger partial charge in [0.1, 0.15) is 0 Å². The summed E-state index contributed by atoms with van der Waals surface area (Å²) in [4.78, 5) is 13.1. The molecule has 2 aliphatic rings. The van der Waals surface area contributed by atoms with Crippen LogP contribution in [0.3, 0.4) is 0 Å². The van der Waals surface area contributed by atoms with Crippen LogP contribution in [0.1, 0.15) is 25.7 Å². The molecule has 2 N–H and O–H groups in total. The Bertz CT molecular complexity index is 285. The third kappa shape index (κ3) is 3.93. The van der Waals surface area contributed by atoms with Gasteiger partial charge in [-0.2, -0.15) is 0 Å². The number of carbonyl (C=O) groups is 1. The van der Waals surface area contributed by atoms with E-state index in [4.69, 9.17) is 9.84 Å². The number of likely N-dealkylation sites (tertiary alicyclic amines) is 1. The van der Waals surface area contributed by atoms with Gasteiger partial charge in [0, 0.05) is 13.1 Å². The molecule has 0 amide bonds. The van der Waals surface area contributed by atoms with Crippen LogP contribution in [0, 0.1) is 5.92 Å². The van der Waals surface area contributed by atoms with Gasteiger partial charge in [-0.05, 0) is 51.7 Å². The van der Waals surface area contributed by atoms with Crippen molar-refractivity contribution in [1.82, 2.24) is 10.2 Å². The highest BCUT2D eigenvalue weighted by molar-refractivity contribution is 5.72. The Morgan fingerprint density at radius 2 is 2.22 bits per heavy atom. The fourth-order valence-electron chi connectivity index (χ4n) is 2.93. The van der Waals surface area contributed by atoms with Crippen LogP contribution in [-0.2, 0) is 9.53 Å². The van der Waals surface area contributed by atoms with Gasteiger partial charge in [-0.25, -0.2) is 4.79 Å². The van der Waals surface area contributed by atoms with Gasteiger partial charge < -0.3 is 20.1 Å². The van der Waals surface area contributed by atoms with E-state index in [1.807, 2.05) is 0 Å². The SMILES string of the molecule is CN1CCCC(CNCC2CCC(C(=O)O)O2)C1. The molecule has 0 saturated carbocycles. The Labute approximate surface area is 108 Å². The molecule has 0 aromatic carbocycles. The summed E-state index contributed by atoms with van der Waals surface area (Å²) in [5.74, 6) is -0.105. The molecule has 2 fully saturated rings. The number of piperidine rings is 1. The van der Waals surface area contributed by atoms with Gasteiger partial charge in [0.2, 0.25) is 0 Å². The second-order valence-corrected chi connectivity index (χ2v) is 5.59. The first-order chi connectivity index (χ1) is 8.65. The van der Waals surface area contributed by atoms with Gasteiger partial charge in [-0.3, -0.25) is 0 Å². The van der Waals surface area contributed by atoms with E-state index in [-0.39, 0.29) is 6.10 Å². The largest absolute Gasteiger partial charge is 0.479 e. The lowest BCUT2D eigenvalue weighted by atomic mass is 9.98. The van der Waals surface area contributed by atoms with Crippen molar-refractivity contribution in [3.05, 3.63) is 0 Å². The summed E-state index contributed by atoms with van der Waals surface area (Å²) in [7, 11) is 2.17. The maximum atomic E-state index is 10.8. The van der Waals surface area contributed by atoms with Gasteiger partial charge in [0.05, 0.1) is 6.10 Å². The molecule has 3 atom stereocenters. The second-order valence-electron chi connectivity index (χ2n) is 5.59. The van der Waals surface area contributed by atoms with Crippen LogP contribution < -0.4 is 5.32 Å². The van der Waals surface area contributed by atoms with Crippen LogP contribution in [0.15, 0.2) is 0 Å². The molecule has 0 aromatic heterocycles. The van der Waals surface area contributed by atoms with Crippen molar-refractivity contribution >= 4 is 5.97 Å². The molecule has 5 heteroatoms. The second kappa shape index (κ2) is 6.50. The van der Waals surface area contributed by atoms with Gasteiger partial charge in [-0.1, -0.05) is 0 Å². The van der Waals surface area contributed by atoms with Crippen molar-refractivity contribution in [1.29, 1.82) is 0 Å². The fraction of sp³-hybridized carbons (Fsp3) is 0.923. The number of aliphatic carboxylic acids is 1. The van der Waals surface area contributed by atoms with Crippen LogP contribution in [0.2, 0.25) is 0 Å². The van der Waals surface area contributed by atoms with E-state index in [0.717, 1.165) is 32.0 Å². The van der Waals surface area contributed by atoms with E-state index in [1.54, 1.807) is 0 Å². The molecular formula is C13H24N2O3. The van der Waals surface area contributed by atoms with Gasteiger partial charge >= 0.3 is 5.97 Å². The smallest absolute Gasteiger partial charge is 0.332 e. The lowest BCUT2D eigenvalue weighted by molar-refractivity contribution is -0.149. The number of carboxylic acids is 1. The van der Waals surface area contributed by atoms with E-state index in [1.165, 1.54) is 19.4 Å². The highest BCUT2D eigenvalue weighted by atomic mass is 16.5. The third-order valence-electron chi connectivity index (χ3n) is 3.91. The number of hydrogen-bond donors (Lipinski definition) is 2. The molecule has 2 rings (SSSR count). The topological polar surface area (TPSA) is 61.8 Å². The van der Waals surface area contributed by atoms with E-state index < -0.39 is 12.1 Å². The molecule has 2 heterocycles. The first kappa shape index (κ1) is 13.8. The van der Waals surface area contributed by atoms with Crippen LogP contribution in [0.5, 0.6) is 0 Å². The van der Waals surface area contributed by atoms with Crippen LogP contribution in [0.4, 0.5) is 0 Å². The quantitative estimate of drug-likeness (QED) is 0.752. The summed E-state index contributed by atoms with van der Waals surface area (Å²) in [5.41, 5.74) is 0. The molecule has 0 radical (unpaired) electrons. The average Bonchev–Trinajstić information content (AvgIpc) is 2.78. The van der Waals surface area contributed by atoms with Crippen molar-refractivity contribution in [2.24, 2.45) is 5.92 Å². The Morgan fingerprint density at radius 3 is 2.89 bits per heavy atom. The zero-order valence-corrected chi connectivity index (χ0v) is 11.1. The number of carboxylic acid groups (broad SMARTS) is 1. The predicted molar refractivity (Wildman–Crippen MR) is 68.6 cm³/mol. The molecule has 0 bridgehead atoms. The Kier molecular flexibility index (Phi) is 4.97. The highest BCUT2D eigenvalue weighted by Crippen LogP contribution is 2.19. The summed E-state index contributed by atoms with van der Waals surface area (Å²) in [6, 6.07) is 0. The van der Waals surface area contributed by atoms with Crippen LogP contribution in [0.25, 0.3) is 0 Å². The Balaban J connectivity index is 1.60. The fourth-order valence-corrected chi connectivity index (χ4v) is 2.93. The predicted octanol–water partition coefficient (Wildman–Crippen LogP) is 0.550. The minimum absolute atomic E-state index is 0.0763. The zero-order valence-electron chi connectivity index (χ0n) is 11.1. The molecule has 2 saturated heterocycles. The Morgan fingerprint density at radius 1 is 1.39 bits per heavy atom. The monoisotopic (exact) mass is 256 g/mol. The first-order valence-electron chi connectivity index (χ1n) is 6.92. The van der Waals surface area contributed by atoms with Gasteiger partial charge in [0.15, 0.2) is 6.10 Å². The van der Waals surface area contributed by atoms with Gasteiger partial charge in [0.25, 0.3) is 0 Å². The van der Waals surface area contributed by atoms with Crippen LogP contribution in [-0.4, -0.2) is 61.4 Å². The lowest BCUT2D eigenvalue weighted by Gasteiger charge is -2.30. The number of rotatable bonds is 5. The van der Waals surface area contributed by atoms with E-state index in [2.05, 4.69) is 17.3 Å². The van der Waals surface area contributed by atoms with Gasteiger partial charge in [-0.15, -0.1) is 0 Å². The first-order valence-corrected chi connectivity index (χ1v) is 6.92. The highest BCUT2D eigenvalue weighted by Gasteiger charge is 2.30. The van der Waals surface area contributed by atoms with Crippen molar-refractivity contribution in [2.75, 3.05) is 33.2 Å². The van der Waals surface area contributed by atoms with Crippen molar-refractivity contribution < 1.29 is 14.6 Å². The molecule has 0 aliphatic carbocycles. The molecule has 0 aromatic rings. The van der Waals surface area contributed by atoms with Crippen molar-refractivity contribution in [3.63, 3.8) is 0 Å². The lowest BCUT2D eigenvalue weighted by Crippen LogP contribution is -2.39. The van der Waals surface area contributed by atoms with E-state index in [0.29, 0.717) is 6.42 Å². The molecule has 2 aliphatic heterocycles. The molecule has 3 unspecified atom stereocenters.